The van der Waals surface area contributed by atoms with Crippen molar-refractivity contribution in [3.8, 4) is 11.5 Å². The van der Waals surface area contributed by atoms with Crippen LogP contribution in [-0.4, -0.2) is 16.8 Å². The predicted molar refractivity (Wildman–Crippen MR) is 63.5 cm³/mol. The molecule has 1 atom stereocenters. The molecule has 1 aromatic rings. The first-order valence-electron chi connectivity index (χ1n) is 5.91. The average Bonchev–Trinajstić information content (AvgIpc) is 2.13. The van der Waals surface area contributed by atoms with Gasteiger partial charge in [0.2, 0.25) is 0 Å². The number of hydrogen-bond donors (Lipinski definition) is 3. The van der Waals surface area contributed by atoms with Crippen LogP contribution in [0, 0.1) is 5.92 Å². The highest BCUT2D eigenvalue weighted by Crippen LogP contribution is 2.28. The van der Waals surface area contributed by atoms with Gasteiger partial charge in [0.15, 0.2) is 0 Å². The molecule has 88 valence electrons. The zero-order valence-electron chi connectivity index (χ0n) is 9.61. The van der Waals surface area contributed by atoms with Crippen LogP contribution in [-0.2, 0) is 0 Å². The van der Waals surface area contributed by atoms with E-state index in [9.17, 15) is 10.2 Å². The van der Waals surface area contributed by atoms with E-state index in [0.717, 1.165) is 18.0 Å². The van der Waals surface area contributed by atoms with Crippen LogP contribution in [0.3, 0.4) is 0 Å². The fourth-order valence-electron chi connectivity index (χ4n) is 2.03. The molecule has 3 N–H and O–H groups in total. The van der Waals surface area contributed by atoms with E-state index in [1.807, 2.05) is 6.92 Å². The quantitative estimate of drug-likeness (QED) is 0.732. The van der Waals surface area contributed by atoms with E-state index >= 15 is 0 Å². The molecule has 3 nitrogen and oxygen atoms in total. The van der Waals surface area contributed by atoms with Crippen molar-refractivity contribution in [2.45, 2.75) is 32.2 Å². The highest BCUT2D eigenvalue weighted by Gasteiger charge is 2.18. The Hall–Kier alpha value is -1.22. The molecule has 0 spiro atoms. The standard InChI is InChI=1S/C13H19NO2/c1-9(14-8-10-3-2-4-10)11-5-12(15)7-13(16)6-11/h5-7,9-10,14-16H,2-4,8H2,1H3. The molecule has 1 saturated carbocycles. The van der Waals surface area contributed by atoms with Crippen molar-refractivity contribution in [2.75, 3.05) is 6.54 Å². The van der Waals surface area contributed by atoms with E-state index in [1.54, 1.807) is 12.1 Å². The predicted octanol–water partition coefficient (Wildman–Crippen LogP) is 2.55. The second-order valence-corrected chi connectivity index (χ2v) is 4.71. The lowest BCUT2D eigenvalue weighted by molar-refractivity contribution is 0.292. The maximum atomic E-state index is 9.39. The van der Waals surface area contributed by atoms with E-state index in [-0.39, 0.29) is 17.5 Å². The van der Waals surface area contributed by atoms with Gasteiger partial charge in [-0.15, -0.1) is 0 Å². The highest BCUT2D eigenvalue weighted by atomic mass is 16.3. The molecule has 1 aliphatic carbocycles. The molecular formula is C13H19NO2. The summed E-state index contributed by atoms with van der Waals surface area (Å²) < 4.78 is 0. The highest BCUT2D eigenvalue weighted by molar-refractivity contribution is 5.37. The number of hydrogen-bond acceptors (Lipinski definition) is 3. The van der Waals surface area contributed by atoms with E-state index < -0.39 is 0 Å². The van der Waals surface area contributed by atoms with Crippen molar-refractivity contribution in [2.24, 2.45) is 5.92 Å². The van der Waals surface area contributed by atoms with Gasteiger partial charge in [-0.2, -0.15) is 0 Å². The summed E-state index contributed by atoms with van der Waals surface area (Å²) in [5.41, 5.74) is 0.928. The van der Waals surface area contributed by atoms with Crippen molar-refractivity contribution >= 4 is 0 Å². The Bertz CT molecular complexity index is 341. The zero-order chi connectivity index (χ0) is 11.5. The van der Waals surface area contributed by atoms with Crippen molar-refractivity contribution in [3.63, 3.8) is 0 Å². The molecule has 2 rings (SSSR count). The molecular weight excluding hydrogens is 202 g/mol. The van der Waals surface area contributed by atoms with E-state index in [1.165, 1.54) is 25.3 Å². The second kappa shape index (κ2) is 4.74. The van der Waals surface area contributed by atoms with Gasteiger partial charge in [0.05, 0.1) is 0 Å². The van der Waals surface area contributed by atoms with Gasteiger partial charge < -0.3 is 15.5 Å². The maximum absolute atomic E-state index is 9.39. The number of phenolic OH excluding ortho intramolecular Hbond substituents is 2. The van der Waals surface area contributed by atoms with Gasteiger partial charge in [0.25, 0.3) is 0 Å². The third kappa shape index (κ3) is 2.67. The van der Waals surface area contributed by atoms with Gasteiger partial charge in [-0.3, -0.25) is 0 Å². The third-order valence-corrected chi connectivity index (χ3v) is 3.36. The smallest absolute Gasteiger partial charge is 0.119 e. The first kappa shape index (κ1) is 11.3. The molecule has 0 heterocycles. The minimum atomic E-state index is 0.118. The minimum Gasteiger partial charge on any atom is -0.508 e. The molecule has 1 fully saturated rings. The summed E-state index contributed by atoms with van der Waals surface area (Å²) in [7, 11) is 0. The molecule has 0 bridgehead atoms. The summed E-state index contributed by atoms with van der Waals surface area (Å²) in [5.74, 6) is 1.05. The van der Waals surface area contributed by atoms with Gasteiger partial charge in [-0.25, -0.2) is 0 Å². The molecule has 3 heteroatoms. The molecule has 1 unspecified atom stereocenters. The summed E-state index contributed by atoms with van der Waals surface area (Å²) in [5, 5.41) is 22.2. The second-order valence-electron chi connectivity index (χ2n) is 4.71. The summed E-state index contributed by atoms with van der Waals surface area (Å²) >= 11 is 0. The van der Waals surface area contributed by atoms with Crippen LogP contribution < -0.4 is 5.32 Å². The van der Waals surface area contributed by atoms with Crippen LogP contribution in [0.25, 0.3) is 0 Å². The zero-order valence-corrected chi connectivity index (χ0v) is 9.61. The molecule has 0 amide bonds. The summed E-state index contributed by atoms with van der Waals surface area (Å²) in [4.78, 5) is 0. The van der Waals surface area contributed by atoms with Crippen LogP contribution in [0.15, 0.2) is 18.2 Å². The molecule has 0 radical (unpaired) electrons. The molecule has 16 heavy (non-hydrogen) atoms. The first-order chi connectivity index (χ1) is 7.65. The lowest BCUT2D eigenvalue weighted by Gasteiger charge is -2.27. The largest absolute Gasteiger partial charge is 0.508 e. The SMILES string of the molecule is CC(NCC1CCC1)c1cc(O)cc(O)c1. The maximum Gasteiger partial charge on any atom is 0.119 e. The van der Waals surface area contributed by atoms with Crippen molar-refractivity contribution in [1.29, 1.82) is 0 Å². The Morgan fingerprint density at radius 3 is 2.38 bits per heavy atom. The molecule has 0 aliphatic heterocycles. The Morgan fingerprint density at radius 2 is 1.88 bits per heavy atom. The summed E-state index contributed by atoms with van der Waals surface area (Å²) in [6.07, 6.45) is 4.00. The fraction of sp³-hybridized carbons (Fsp3) is 0.538. The molecule has 1 aromatic carbocycles. The van der Waals surface area contributed by atoms with Crippen LogP contribution in [0.5, 0.6) is 11.5 Å². The Kier molecular flexibility index (Phi) is 3.34. The van der Waals surface area contributed by atoms with Crippen LogP contribution >= 0.6 is 0 Å². The number of aromatic hydroxyl groups is 2. The van der Waals surface area contributed by atoms with Crippen LogP contribution in [0.1, 0.15) is 37.8 Å². The number of rotatable bonds is 4. The topological polar surface area (TPSA) is 52.5 Å². The third-order valence-electron chi connectivity index (χ3n) is 3.36. The monoisotopic (exact) mass is 221 g/mol. The fourth-order valence-corrected chi connectivity index (χ4v) is 2.03. The normalized spacial score (nSPS) is 18.1. The number of nitrogens with one attached hydrogen (secondary N) is 1. The van der Waals surface area contributed by atoms with Gasteiger partial charge in [0.1, 0.15) is 11.5 Å². The Morgan fingerprint density at radius 1 is 1.25 bits per heavy atom. The van der Waals surface area contributed by atoms with Crippen molar-refractivity contribution in [3.05, 3.63) is 23.8 Å². The summed E-state index contributed by atoms with van der Waals surface area (Å²) in [6, 6.07) is 4.90. The molecule has 0 aromatic heterocycles. The van der Waals surface area contributed by atoms with Crippen molar-refractivity contribution in [1.82, 2.24) is 5.32 Å². The summed E-state index contributed by atoms with van der Waals surface area (Å²) in [6.45, 7) is 3.07. The number of phenols is 2. The van der Waals surface area contributed by atoms with Crippen LogP contribution in [0.2, 0.25) is 0 Å². The molecule has 1 aliphatic rings. The van der Waals surface area contributed by atoms with Gasteiger partial charge in [-0.05, 0) is 49.9 Å². The Labute approximate surface area is 96.1 Å². The lowest BCUT2D eigenvalue weighted by atomic mass is 9.85. The average molecular weight is 221 g/mol. The molecule has 0 saturated heterocycles. The minimum absolute atomic E-state index is 0.118. The van der Waals surface area contributed by atoms with Crippen molar-refractivity contribution < 1.29 is 10.2 Å². The van der Waals surface area contributed by atoms with Crippen LogP contribution in [0.4, 0.5) is 0 Å². The van der Waals surface area contributed by atoms with Gasteiger partial charge >= 0.3 is 0 Å². The van der Waals surface area contributed by atoms with E-state index in [0.29, 0.717) is 0 Å². The Balaban J connectivity index is 1.93. The van der Waals surface area contributed by atoms with E-state index in [2.05, 4.69) is 5.32 Å². The van der Waals surface area contributed by atoms with E-state index in [4.69, 9.17) is 0 Å². The van der Waals surface area contributed by atoms with Gasteiger partial charge in [-0.1, -0.05) is 6.42 Å². The lowest BCUT2D eigenvalue weighted by Crippen LogP contribution is -2.29. The first-order valence-corrected chi connectivity index (χ1v) is 5.91. The number of benzene rings is 1. The van der Waals surface area contributed by atoms with Gasteiger partial charge in [0, 0.05) is 12.1 Å².